The van der Waals surface area contributed by atoms with Crippen molar-refractivity contribution in [2.45, 2.75) is 25.7 Å². The number of carbonyl (C=O) groups excluding carboxylic acids is 1. The summed E-state index contributed by atoms with van der Waals surface area (Å²) in [6.07, 6.45) is 6.13. The molecule has 0 spiro atoms. The van der Waals surface area contributed by atoms with Gasteiger partial charge in [-0.15, -0.1) is 0 Å². The third kappa shape index (κ3) is 4.12. The molecule has 2 rings (SSSR count). The summed E-state index contributed by atoms with van der Waals surface area (Å²) in [5.41, 5.74) is 2.57. The van der Waals surface area contributed by atoms with Crippen molar-refractivity contribution in [3.63, 3.8) is 0 Å². The molecule has 1 aliphatic rings. The lowest BCUT2D eigenvalue weighted by atomic mass is 10.1. The molecule has 1 heterocycles. The number of benzene rings is 1. The van der Waals surface area contributed by atoms with Crippen LogP contribution in [0.25, 0.3) is 0 Å². The zero-order chi connectivity index (χ0) is 13.5. The fourth-order valence-corrected chi connectivity index (χ4v) is 2.43. The summed E-state index contributed by atoms with van der Waals surface area (Å²) in [6, 6.07) is 8.69. The van der Waals surface area contributed by atoms with Crippen molar-refractivity contribution in [2.24, 2.45) is 0 Å². The van der Waals surface area contributed by atoms with E-state index in [-0.39, 0.29) is 5.91 Å². The molecule has 1 fully saturated rings. The van der Waals surface area contributed by atoms with Crippen LogP contribution in [-0.2, 0) is 11.2 Å². The second-order valence-electron chi connectivity index (χ2n) is 4.96. The van der Waals surface area contributed by atoms with Crippen molar-refractivity contribution in [3.05, 3.63) is 42.5 Å². The van der Waals surface area contributed by atoms with Crippen LogP contribution in [-0.4, -0.2) is 25.5 Å². The molecule has 1 aliphatic heterocycles. The van der Waals surface area contributed by atoms with Crippen molar-refractivity contribution >= 4 is 11.6 Å². The minimum Gasteiger partial charge on any atom is -0.372 e. The minimum absolute atomic E-state index is 0.107. The molecule has 3 nitrogen and oxygen atoms in total. The number of hydrogen-bond donors (Lipinski definition) is 1. The van der Waals surface area contributed by atoms with Gasteiger partial charge >= 0.3 is 0 Å². The fraction of sp³-hybridized carbons (Fsp3) is 0.438. The van der Waals surface area contributed by atoms with Crippen LogP contribution in [0.5, 0.6) is 0 Å². The number of nitrogens with one attached hydrogen (secondary N) is 1. The molecule has 0 unspecified atom stereocenters. The summed E-state index contributed by atoms with van der Waals surface area (Å²) in [5, 5.41) is 2.79. The van der Waals surface area contributed by atoms with Gasteiger partial charge in [0.05, 0.1) is 0 Å². The molecular weight excluding hydrogens is 236 g/mol. The van der Waals surface area contributed by atoms with E-state index in [9.17, 15) is 4.79 Å². The first kappa shape index (κ1) is 13.7. The van der Waals surface area contributed by atoms with Crippen LogP contribution in [0.2, 0.25) is 0 Å². The van der Waals surface area contributed by atoms with Crippen molar-refractivity contribution in [1.29, 1.82) is 0 Å². The zero-order valence-corrected chi connectivity index (χ0v) is 11.4. The smallest absolute Gasteiger partial charge is 0.243 e. The first-order valence-corrected chi connectivity index (χ1v) is 7.04. The molecule has 0 atom stereocenters. The van der Waals surface area contributed by atoms with Gasteiger partial charge in [0.1, 0.15) is 0 Å². The van der Waals surface area contributed by atoms with Crippen LogP contribution in [0.3, 0.4) is 0 Å². The average Bonchev–Trinajstić information content (AvgIpc) is 2.48. The Hall–Kier alpha value is -1.77. The van der Waals surface area contributed by atoms with Crippen molar-refractivity contribution < 1.29 is 4.79 Å². The maximum absolute atomic E-state index is 11.0. The molecule has 102 valence electrons. The lowest BCUT2D eigenvalue weighted by Crippen LogP contribution is -2.29. The number of rotatable bonds is 5. The number of nitrogens with zero attached hydrogens (tertiary/aromatic N) is 1. The monoisotopic (exact) mass is 258 g/mol. The van der Waals surface area contributed by atoms with E-state index in [2.05, 4.69) is 41.1 Å². The van der Waals surface area contributed by atoms with Gasteiger partial charge in [-0.05, 0) is 49.5 Å². The third-order valence-corrected chi connectivity index (χ3v) is 3.56. The Bertz CT molecular complexity index is 419. The summed E-state index contributed by atoms with van der Waals surface area (Å²) in [5.74, 6) is -0.107. The van der Waals surface area contributed by atoms with Gasteiger partial charge < -0.3 is 10.2 Å². The van der Waals surface area contributed by atoms with Crippen molar-refractivity contribution in [2.75, 3.05) is 24.5 Å². The predicted molar refractivity (Wildman–Crippen MR) is 79.4 cm³/mol. The Balaban J connectivity index is 1.83. The second-order valence-corrected chi connectivity index (χ2v) is 4.96. The topological polar surface area (TPSA) is 32.3 Å². The molecule has 0 aliphatic carbocycles. The summed E-state index contributed by atoms with van der Waals surface area (Å²) in [7, 11) is 0. The van der Waals surface area contributed by atoms with E-state index in [4.69, 9.17) is 0 Å². The zero-order valence-electron chi connectivity index (χ0n) is 11.4. The van der Waals surface area contributed by atoms with E-state index in [1.165, 1.54) is 49.7 Å². The quantitative estimate of drug-likeness (QED) is 0.823. The molecule has 0 saturated carbocycles. The number of anilines is 1. The van der Waals surface area contributed by atoms with Gasteiger partial charge in [-0.25, -0.2) is 0 Å². The average molecular weight is 258 g/mol. The Morgan fingerprint density at radius 2 is 1.89 bits per heavy atom. The first-order chi connectivity index (χ1) is 9.29. The van der Waals surface area contributed by atoms with Gasteiger partial charge in [-0.3, -0.25) is 4.79 Å². The summed E-state index contributed by atoms with van der Waals surface area (Å²) >= 11 is 0. The van der Waals surface area contributed by atoms with E-state index >= 15 is 0 Å². The Morgan fingerprint density at radius 3 is 2.53 bits per heavy atom. The van der Waals surface area contributed by atoms with Gasteiger partial charge in [0.25, 0.3) is 0 Å². The number of piperidine rings is 1. The maximum Gasteiger partial charge on any atom is 0.243 e. The Labute approximate surface area is 115 Å². The Kier molecular flexibility index (Phi) is 5.01. The van der Waals surface area contributed by atoms with Gasteiger partial charge in [-0.2, -0.15) is 0 Å². The Morgan fingerprint density at radius 1 is 1.21 bits per heavy atom. The van der Waals surface area contributed by atoms with E-state index in [1.54, 1.807) is 0 Å². The maximum atomic E-state index is 11.0. The first-order valence-electron chi connectivity index (χ1n) is 7.04. The molecule has 3 heteroatoms. The molecule has 1 amide bonds. The van der Waals surface area contributed by atoms with E-state index in [1.807, 2.05) is 0 Å². The van der Waals surface area contributed by atoms with Crippen LogP contribution in [0.1, 0.15) is 24.8 Å². The normalized spacial score (nSPS) is 15.1. The predicted octanol–water partition coefficient (Wildman–Crippen LogP) is 2.52. The number of amides is 1. The molecule has 0 bridgehead atoms. The highest BCUT2D eigenvalue weighted by Gasteiger charge is 2.10. The highest BCUT2D eigenvalue weighted by molar-refractivity contribution is 5.86. The standard InChI is InChI=1S/C16H22N2O/c1-2-16(19)17-11-10-14-6-8-15(9-7-14)18-12-4-3-5-13-18/h2,6-9H,1,3-5,10-13H2,(H,17,19). The van der Waals surface area contributed by atoms with Crippen LogP contribution >= 0.6 is 0 Å². The van der Waals surface area contributed by atoms with Crippen LogP contribution in [0.4, 0.5) is 5.69 Å². The summed E-state index contributed by atoms with van der Waals surface area (Å²) in [6.45, 7) is 6.44. The highest BCUT2D eigenvalue weighted by atomic mass is 16.1. The lowest BCUT2D eigenvalue weighted by molar-refractivity contribution is -0.116. The molecule has 0 radical (unpaired) electrons. The second kappa shape index (κ2) is 6.98. The third-order valence-electron chi connectivity index (χ3n) is 3.56. The van der Waals surface area contributed by atoms with Crippen LogP contribution < -0.4 is 10.2 Å². The number of hydrogen-bond acceptors (Lipinski definition) is 2. The molecular formula is C16H22N2O. The van der Waals surface area contributed by atoms with Gasteiger partial charge in [-0.1, -0.05) is 18.7 Å². The molecule has 1 N–H and O–H groups in total. The van der Waals surface area contributed by atoms with Gasteiger partial charge in [0, 0.05) is 25.3 Å². The minimum atomic E-state index is -0.107. The van der Waals surface area contributed by atoms with E-state index in [0.29, 0.717) is 6.54 Å². The highest BCUT2D eigenvalue weighted by Crippen LogP contribution is 2.20. The fourth-order valence-electron chi connectivity index (χ4n) is 2.43. The largest absolute Gasteiger partial charge is 0.372 e. The van der Waals surface area contributed by atoms with Crippen molar-refractivity contribution in [1.82, 2.24) is 5.32 Å². The SMILES string of the molecule is C=CC(=O)NCCc1ccc(N2CCCCC2)cc1. The molecule has 1 aromatic carbocycles. The molecule has 1 aromatic rings. The summed E-state index contributed by atoms with van der Waals surface area (Å²) < 4.78 is 0. The van der Waals surface area contributed by atoms with Crippen LogP contribution in [0.15, 0.2) is 36.9 Å². The van der Waals surface area contributed by atoms with Gasteiger partial charge in [0.15, 0.2) is 0 Å². The molecule has 0 aromatic heterocycles. The van der Waals surface area contributed by atoms with E-state index < -0.39 is 0 Å². The van der Waals surface area contributed by atoms with Crippen LogP contribution in [0, 0.1) is 0 Å². The number of carbonyl (C=O) groups is 1. The van der Waals surface area contributed by atoms with E-state index in [0.717, 1.165) is 6.42 Å². The molecule has 19 heavy (non-hydrogen) atoms. The van der Waals surface area contributed by atoms with Crippen molar-refractivity contribution in [3.8, 4) is 0 Å². The lowest BCUT2D eigenvalue weighted by Gasteiger charge is -2.28. The van der Waals surface area contributed by atoms with Gasteiger partial charge in [0.2, 0.25) is 5.91 Å². The molecule has 1 saturated heterocycles. The summed E-state index contributed by atoms with van der Waals surface area (Å²) in [4.78, 5) is 13.5.